The largest absolute Gasteiger partial charge is 0.291 e. The van der Waals surface area contributed by atoms with Gasteiger partial charge in [0.05, 0.1) is 0 Å². The number of hydrogen-bond donors (Lipinski definition) is 0. The van der Waals surface area contributed by atoms with Crippen molar-refractivity contribution in [2.45, 2.75) is 65.8 Å². The fourth-order valence-corrected chi connectivity index (χ4v) is 1.22. The summed E-state index contributed by atoms with van der Waals surface area (Å²) in [6.07, 6.45) is 6.34. The van der Waals surface area contributed by atoms with Gasteiger partial charge in [-0.25, -0.2) is 0 Å². The van der Waals surface area contributed by atoms with Crippen LogP contribution in [0.25, 0.3) is 0 Å². The van der Waals surface area contributed by atoms with Crippen LogP contribution < -0.4 is 0 Å². The Kier molecular flexibility index (Phi) is 7.12. The lowest BCUT2D eigenvalue weighted by atomic mass is 10.1. The van der Waals surface area contributed by atoms with Crippen molar-refractivity contribution in [1.29, 1.82) is 0 Å². The molecule has 0 aliphatic carbocycles. The van der Waals surface area contributed by atoms with Crippen molar-refractivity contribution < 1.29 is 0 Å². The molecule has 0 fully saturated rings. The summed E-state index contributed by atoms with van der Waals surface area (Å²) in [5.74, 6) is 0. The summed E-state index contributed by atoms with van der Waals surface area (Å²) < 4.78 is 0. The van der Waals surface area contributed by atoms with E-state index in [0.29, 0.717) is 6.04 Å². The molecule has 0 aliphatic rings. The van der Waals surface area contributed by atoms with E-state index in [2.05, 4.69) is 32.7 Å². The second-order valence-electron chi connectivity index (χ2n) is 3.56. The van der Waals surface area contributed by atoms with Crippen molar-refractivity contribution in [2.24, 2.45) is 4.99 Å². The Hall–Kier alpha value is -0.330. The zero-order valence-corrected chi connectivity index (χ0v) is 9.06. The summed E-state index contributed by atoms with van der Waals surface area (Å²) in [5, 5.41) is 0. The van der Waals surface area contributed by atoms with Gasteiger partial charge in [0, 0.05) is 11.8 Å². The Morgan fingerprint density at radius 2 is 1.92 bits per heavy atom. The molecule has 12 heavy (non-hydrogen) atoms. The maximum atomic E-state index is 4.58. The molecule has 0 heterocycles. The van der Waals surface area contributed by atoms with Crippen molar-refractivity contribution in [3.63, 3.8) is 0 Å². The highest BCUT2D eigenvalue weighted by Crippen LogP contribution is 2.06. The minimum absolute atomic E-state index is 0.538. The third-order valence-corrected chi connectivity index (χ3v) is 2.18. The van der Waals surface area contributed by atoms with Crippen LogP contribution in [0.1, 0.15) is 59.8 Å². The number of nitrogens with zero attached hydrogens (tertiary/aromatic N) is 1. The van der Waals surface area contributed by atoms with Crippen molar-refractivity contribution in [3.05, 3.63) is 0 Å². The van der Waals surface area contributed by atoms with E-state index in [9.17, 15) is 0 Å². The van der Waals surface area contributed by atoms with Crippen LogP contribution in [0, 0.1) is 0 Å². The summed E-state index contributed by atoms with van der Waals surface area (Å²) in [7, 11) is 0. The molecule has 1 heteroatoms. The van der Waals surface area contributed by atoms with Gasteiger partial charge < -0.3 is 0 Å². The first-order chi connectivity index (χ1) is 5.70. The number of hydrogen-bond acceptors (Lipinski definition) is 1. The van der Waals surface area contributed by atoms with Crippen molar-refractivity contribution in [3.8, 4) is 0 Å². The van der Waals surface area contributed by atoms with E-state index in [4.69, 9.17) is 0 Å². The van der Waals surface area contributed by atoms with E-state index in [0.717, 1.165) is 6.42 Å². The van der Waals surface area contributed by atoms with Gasteiger partial charge >= 0.3 is 0 Å². The third-order valence-electron chi connectivity index (χ3n) is 2.18. The monoisotopic (exact) mass is 169 g/mol. The SMILES string of the molecule is CCCCCC(C)N=C(C)CC. The van der Waals surface area contributed by atoms with Gasteiger partial charge in [0.1, 0.15) is 0 Å². The molecule has 0 aromatic heterocycles. The molecule has 0 bridgehead atoms. The molecular formula is C11H23N. The molecular weight excluding hydrogens is 146 g/mol. The molecule has 0 spiro atoms. The van der Waals surface area contributed by atoms with Crippen LogP contribution in [0.3, 0.4) is 0 Å². The van der Waals surface area contributed by atoms with Crippen molar-refractivity contribution in [1.82, 2.24) is 0 Å². The van der Waals surface area contributed by atoms with Crippen LogP contribution in [0.5, 0.6) is 0 Å². The van der Waals surface area contributed by atoms with Crippen LogP contribution in [-0.4, -0.2) is 11.8 Å². The van der Waals surface area contributed by atoms with Gasteiger partial charge in [-0.1, -0.05) is 33.1 Å². The van der Waals surface area contributed by atoms with Gasteiger partial charge in [-0.05, 0) is 26.7 Å². The number of aliphatic imine (C=N–C) groups is 1. The Bertz CT molecular complexity index is 127. The summed E-state index contributed by atoms with van der Waals surface area (Å²) in [6, 6.07) is 0.538. The van der Waals surface area contributed by atoms with E-state index in [1.165, 1.54) is 31.4 Å². The van der Waals surface area contributed by atoms with Gasteiger partial charge in [0.15, 0.2) is 0 Å². The second-order valence-corrected chi connectivity index (χ2v) is 3.56. The van der Waals surface area contributed by atoms with Crippen LogP contribution in [0.2, 0.25) is 0 Å². The van der Waals surface area contributed by atoms with Crippen LogP contribution in [0.4, 0.5) is 0 Å². The quantitative estimate of drug-likeness (QED) is 0.423. The molecule has 0 aromatic carbocycles. The number of unbranched alkanes of at least 4 members (excludes halogenated alkanes) is 2. The topological polar surface area (TPSA) is 12.4 Å². The van der Waals surface area contributed by atoms with E-state index in [1.807, 2.05) is 0 Å². The maximum Gasteiger partial charge on any atom is 0.0470 e. The predicted molar refractivity (Wildman–Crippen MR) is 57.0 cm³/mol. The minimum Gasteiger partial charge on any atom is -0.291 e. The molecule has 0 radical (unpaired) electrons. The molecule has 0 saturated carbocycles. The normalized spacial score (nSPS) is 14.8. The Morgan fingerprint density at radius 1 is 1.25 bits per heavy atom. The fraction of sp³-hybridized carbons (Fsp3) is 0.909. The molecule has 1 nitrogen and oxygen atoms in total. The van der Waals surface area contributed by atoms with Gasteiger partial charge in [0.25, 0.3) is 0 Å². The average Bonchev–Trinajstić information content (AvgIpc) is 2.05. The second kappa shape index (κ2) is 7.33. The molecule has 1 atom stereocenters. The van der Waals surface area contributed by atoms with Gasteiger partial charge in [-0.2, -0.15) is 0 Å². The zero-order chi connectivity index (χ0) is 9.40. The average molecular weight is 169 g/mol. The smallest absolute Gasteiger partial charge is 0.0470 e. The summed E-state index contributed by atoms with van der Waals surface area (Å²) in [6.45, 7) is 8.74. The highest BCUT2D eigenvalue weighted by molar-refractivity contribution is 5.81. The van der Waals surface area contributed by atoms with E-state index < -0.39 is 0 Å². The standard InChI is InChI=1S/C11H23N/c1-5-7-8-9-11(4)12-10(3)6-2/h11H,5-9H2,1-4H3. The Morgan fingerprint density at radius 3 is 2.42 bits per heavy atom. The zero-order valence-electron chi connectivity index (χ0n) is 9.06. The molecule has 0 aliphatic heterocycles. The minimum atomic E-state index is 0.538. The lowest BCUT2D eigenvalue weighted by Crippen LogP contribution is -2.01. The summed E-state index contributed by atoms with van der Waals surface area (Å²) in [4.78, 5) is 4.58. The van der Waals surface area contributed by atoms with Crippen LogP contribution in [-0.2, 0) is 0 Å². The predicted octanol–water partition coefficient (Wildman–Crippen LogP) is 3.83. The maximum absolute atomic E-state index is 4.58. The molecule has 0 aromatic rings. The first kappa shape index (κ1) is 11.7. The third kappa shape index (κ3) is 6.38. The van der Waals surface area contributed by atoms with E-state index in [-0.39, 0.29) is 0 Å². The van der Waals surface area contributed by atoms with E-state index in [1.54, 1.807) is 0 Å². The van der Waals surface area contributed by atoms with Crippen molar-refractivity contribution in [2.75, 3.05) is 0 Å². The first-order valence-corrected chi connectivity index (χ1v) is 5.24. The van der Waals surface area contributed by atoms with E-state index >= 15 is 0 Å². The van der Waals surface area contributed by atoms with Crippen molar-refractivity contribution >= 4 is 5.71 Å². The lowest BCUT2D eigenvalue weighted by Gasteiger charge is -2.06. The molecule has 0 amide bonds. The van der Waals surface area contributed by atoms with Gasteiger partial charge in [-0.15, -0.1) is 0 Å². The molecule has 1 unspecified atom stereocenters. The molecule has 0 rings (SSSR count). The fourth-order valence-electron chi connectivity index (χ4n) is 1.22. The highest BCUT2D eigenvalue weighted by atomic mass is 14.8. The van der Waals surface area contributed by atoms with Crippen LogP contribution >= 0.6 is 0 Å². The molecule has 0 saturated heterocycles. The van der Waals surface area contributed by atoms with Gasteiger partial charge in [-0.3, -0.25) is 4.99 Å². The highest BCUT2D eigenvalue weighted by Gasteiger charge is 1.98. The molecule has 0 N–H and O–H groups in total. The molecule has 72 valence electrons. The first-order valence-electron chi connectivity index (χ1n) is 5.24. The summed E-state index contributed by atoms with van der Waals surface area (Å²) >= 11 is 0. The van der Waals surface area contributed by atoms with Crippen LogP contribution in [0.15, 0.2) is 4.99 Å². The Balaban J connectivity index is 3.51. The lowest BCUT2D eigenvalue weighted by molar-refractivity contribution is 0.592. The van der Waals surface area contributed by atoms with Gasteiger partial charge in [0.2, 0.25) is 0 Å². The summed E-state index contributed by atoms with van der Waals surface area (Å²) in [5.41, 5.74) is 1.29. The Labute approximate surface area is 77.3 Å². The number of rotatable bonds is 6.